The Morgan fingerprint density at radius 2 is 1.88 bits per heavy atom. The molecule has 0 bridgehead atoms. The molecule has 0 unspecified atom stereocenters. The minimum atomic E-state index is -0.772. The molecule has 2 rings (SSSR count). The molecule has 138 valence electrons. The fourth-order valence-corrected chi connectivity index (χ4v) is 3.13. The van der Waals surface area contributed by atoms with Crippen LogP contribution in [-0.4, -0.2) is 27.0 Å². The SMILES string of the molecule is CCCn1c(N)c(C(=O)CSc2ccc(NC(C)=O)cc2)c(=O)[nH]c1=O. The molecule has 0 radical (unpaired) electrons. The van der Waals surface area contributed by atoms with Crippen LogP contribution in [0.1, 0.15) is 30.6 Å². The van der Waals surface area contributed by atoms with Gasteiger partial charge >= 0.3 is 5.69 Å². The molecule has 0 aliphatic carbocycles. The minimum Gasteiger partial charge on any atom is -0.384 e. The Hall–Kier alpha value is -2.81. The second-order valence-corrected chi connectivity index (χ2v) is 6.64. The lowest BCUT2D eigenvalue weighted by atomic mass is 10.2. The van der Waals surface area contributed by atoms with Crippen molar-refractivity contribution in [3.8, 4) is 0 Å². The van der Waals surface area contributed by atoms with Crippen molar-refractivity contribution in [1.29, 1.82) is 0 Å². The summed E-state index contributed by atoms with van der Waals surface area (Å²) in [5.41, 5.74) is 4.95. The molecule has 0 fully saturated rings. The number of hydrogen-bond acceptors (Lipinski definition) is 6. The van der Waals surface area contributed by atoms with E-state index in [1.165, 1.54) is 23.3 Å². The summed E-state index contributed by atoms with van der Waals surface area (Å²) >= 11 is 1.23. The van der Waals surface area contributed by atoms with Crippen LogP contribution >= 0.6 is 11.8 Å². The second kappa shape index (κ2) is 8.52. The molecule has 1 heterocycles. The van der Waals surface area contributed by atoms with Crippen molar-refractivity contribution >= 4 is 35.0 Å². The van der Waals surface area contributed by atoms with E-state index in [1.807, 2.05) is 6.92 Å². The van der Waals surface area contributed by atoms with E-state index in [0.29, 0.717) is 18.7 Å². The van der Waals surface area contributed by atoms with Crippen molar-refractivity contribution in [2.45, 2.75) is 31.7 Å². The Bertz CT molecular complexity index is 931. The molecule has 0 spiro atoms. The van der Waals surface area contributed by atoms with Crippen molar-refractivity contribution in [3.63, 3.8) is 0 Å². The first kappa shape index (κ1) is 19.5. The first-order valence-electron chi connectivity index (χ1n) is 7.99. The van der Waals surface area contributed by atoms with E-state index in [2.05, 4.69) is 10.3 Å². The van der Waals surface area contributed by atoms with Crippen molar-refractivity contribution in [2.24, 2.45) is 0 Å². The zero-order valence-corrected chi connectivity index (χ0v) is 15.3. The highest BCUT2D eigenvalue weighted by atomic mass is 32.2. The van der Waals surface area contributed by atoms with E-state index < -0.39 is 17.0 Å². The average Bonchev–Trinajstić information content (AvgIpc) is 2.57. The van der Waals surface area contributed by atoms with Gasteiger partial charge in [-0.25, -0.2) is 4.79 Å². The van der Waals surface area contributed by atoms with Crippen molar-refractivity contribution < 1.29 is 9.59 Å². The van der Waals surface area contributed by atoms with Gasteiger partial charge in [-0.2, -0.15) is 0 Å². The van der Waals surface area contributed by atoms with Gasteiger partial charge in [-0.15, -0.1) is 11.8 Å². The van der Waals surface area contributed by atoms with Crippen LogP contribution in [0.2, 0.25) is 0 Å². The minimum absolute atomic E-state index is 0.00288. The number of benzene rings is 1. The summed E-state index contributed by atoms with van der Waals surface area (Å²) in [6.07, 6.45) is 0.638. The molecular formula is C17H20N4O4S. The van der Waals surface area contributed by atoms with Crippen molar-refractivity contribution in [2.75, 3.05) is 16.8 Å². The Balaban J connectivity index is 2.15. The number of aromatic nitrogens is 2. The number of hydrogen-bond donors (Lipinski definition) is 3. The van der Waals surface area contributed by atoms with Crippen LogP contribution in [0.25, 0.3) is 0 Å². The van der Waals surface area contributed by atoms with Crippen LogP contribution in [-0.2, 0) is 11.3 Å². The number of amides is 1. The number of Topliss-reactive ketones (excluding diaryl/α,β-unsaturated/α-hetero) is 1. The van der Waals surface area contributed by atoms with Gasteiger partial charge in [-0.05, 0) is 30.7 Å². The lowest BCUT2D eigenvalue weighted by molar-refractivity contribution is -0.114. The van der Waals surface area contributed by atoms with E-state index in [0.717, 1.165) is 4.90 Å². The summed E-state index contributed by atoms with van der Waals surface area (Å²) in [4.78, 5) is 50.2. The quantitative estimate of drug-likeness (QED) is 0.496. The first-order valence-corrected chi connectivity index (χ1v) is 8.98. The average molecular weight is 376 g/mol. The fourth-order valence-electron chi connectivity index (χ4n) is 2.36. The number of nitrogens with zero attached hydrogens (tertiary/aromatic N) is 1. The molecule has 9 heteroatoms. The highest BCUT2D eigenvalue weighted by Gasteiger charge is 2.19. The topological polar surface area (TPSA) is 127 Å². The number of H-pyrrole nitrogens is 1. The molecule has 0 aliphatic heterocycles. The Morgan fingerprint density at radius 3 is 2.46 bits per heavy atom. The number of rotatable bonds is 7. The lowest BCUT2D eigenvalue weighted by Crippen LogP contribution is -2.36. The van der Waals surface area contributed by atoms with Crippen LogP contribution in [0, 0.1) is 0 Å². The maximum atomic E-state index is 12.4. The van der Waals surface area contributed by atoms with Gasteiger partial charge in [-0.3, -0.25) is 23.9 Å². The standard InChI is InChI=1S/C17H20N4O4S/c1-3-8-21-15(18)14(16(24)20-17(21)25)13(23)9-26-12-6-4-11(5-7-12)19-10(2)22/h4-7H,3,8-9,18H2,1-2H3,(H,19,22)(H,20,24,25). The van der Waals surface area contributed by atoms with Gasteiger partial charge in [0.2, 0.25) is 5.91 Å². The molecule has 1 aromatic heterocycles. The van der Waals surface area contributed by atoms with E-state index >= 15 is 0 Å². The molecule has 0 aliphatic rings. The summed E-state index contributed by atoms with van der Waals surface area (Å²) in [5, 5.41) is 2.65. The van der Waals surface area contributed by atoms with Crippen molar-refractivity contribution in [3.05, 3.63) is 50.7 Å². The first-order chi connectivity index (χ1) is 12.3. The molecule has 1 aromatic carbocycles. The largest absolute Gasteiger partial charge is 0.384 e. The summed E-state index contributed by atoms with van der Waals surface area (Å²) in [6.45, 7) is 3.60. The normalized spacial score (nSPS) is 10.5. The van der Waals surface area contributed by atoms with Gasteiger partial charge < -0.3 is 11.1 Å². The maximum absolute atomic E-state index is 12.4. The summed E-state index contributed by atoms with van der Waals surface area (Å²) in [5.74, 6) is -0.730. The predicted octanol–water partition coefficient (Wildman–Crippen LogP) is 1.46. The number of carbonyl (C=O) groups excluding carboxylic acids is 2. The Labute approximate surface area is 153 Å². The smallest absolute Gasteiger partial charge is 0.329 e. The Morgan fingerprint density at radius 1 is 1.23 bits per heavy atom. The van der Waals surface area contributed by atoms with E-state index in [1.54, 1.807) is 24.3 Å². The molecule has 4 N–H and O–H groups in total. The number of anilines is 2. The molecule has 0 saturated heterocycles. The van der Waals surface area contributed by atoms with Crippen molar-refractivity contribution in [1.82, 2.24) is 9.55 Å². The zero-order valence-electron chi connectivity index (χ0n) is 14.5. The molecule has 2 aromatic rings. The summed E-state index contributed by atoms with van der Waals surface area (Å²) < 4.78 is 1.20. The zero-order chi connectivity index (χ0) is 19.3. The Kier molecular flexibility index (Phi) is 6.40. The third kappa shape index (κ3) is 4.63. The molecule has 26 heavy (non-hydrogen) atoms. The molecule has 8 nitrogen and oxygen atoms in total. The van der Waals surface area contributed by atoms with E-state index in [4.69, 9.17) is 5.73 Å². The number of aromatic amines is 1. The third-order valence-corrected chi connectivity index (χ3v) is 4.52. The van der Waals surface area contributed by atoms with Crippen LogP contribution in [0.15, 0.2) is 38.8 Å². The number of carbonyl (C=O) groups is 2. The number of thioether (sulfide) groups is 1. The van der Waals surface area contributed by atoms with Crippen LogP contribution in [0.4, 0.5) is 11.5 Å². The highest BCUT2D eigenvalue weighted by Crippen LogP contribution is 2.21. The number of nitrogens with one attached hydrogen (secondary N) is 2. The monoisotopic (exact) mass is 376 g/mol. The summed E-state index contributed by atoms with van der Waals surface area (Å²) in [7, 11) is 0. The number of nitrogens with two attached hydrogens (primary N) is 1. The molecule has 0 atom stereocenters. The lowest BCUT2D eigenvalue weighted by Gasteiger charge is -2.11. The van der Waals surface area contributed by atoms with Gasteiger partial charge in [0.15, 0.2) is 5.78 Å². The highest BCUT2D eigenvalue weighted by molar-refractivity contribution is 8.00. The van der Waals surface area contributed by atoms with Gasteiger partial charge in [0.05, 0.1) is 5.75 Å². The van der Waals surface area contributed by atoms with Gasteiger partial charge in [0.25, 0.3) is 5.56 Å². The van der Waals surface area contributed by atoms with Crippen LogP contribution < -0.4 is 22.3 Å². The molecule has 1 amide bonds. The van der Waals surface area contributed by atoms with Gasteiger partial charge in [0.1, 0.15) is 11.4 Å². The number of nitrogen functional groups attached to an aromatic ring is 1. The van der Waals surface area contributed by atoms with Gasteiger partial charge in [-0.1, -0.05) is 6.92 Å². The second-order valence-electron chi connectivity index (χ2n) is 5.59. The summed E-state index contributed by atoms with van der Waals surface area (Å²) in [6, 6.07) is 6.96. The number of ketones is 1. The fraction of sp³-hybridized carbons (Fsp3) is 0.294. The van der Waals surface area contributed by atoms with Crippen LogP contribution in [0.3, 0.4) is 0 Å². The van der Waals surface area contributed by atoms with Gasteiger partial charge in [0, 0.05) is 24.1 Å². The molecular weight excluding hydrogens is 356 g/mol. The maximum Gasteiger partial charge on any atom is 0.329 e. The third-order valence-electron chi connectivity index (χ3n) is 3.51. The van der Waals surface area contributed by atoms with Crippen LogP contribution in [0.5, 0.6) is 0 Å². The van der Waals surface area contributed by atoms with E-state index in [9.17, 15) is 19.2 Å². The van der Waals surface area contributed by atoms with E-state index in [-0.39, 0.29) is 23.0 Å². The molecule has 0 saturated carbocycles. The predicted molar refractivity (Wildman–Crippen MR) is 102 cm³/mol.